The van der Waals surface area contributed by atoms with Crippen molar-refractivity contribution in [3.63, 3.8) is 0 Å². The Morgan fingerprint density at radius 3 is 2.33 bits per heavy atom. The van der Waals surface area contributed by atoms with E-state index < -0.39 is 6.04 Å². The minimum Gasteiger partial charge on any atom is -0.264 e. The van der Waals surface area contributed by atoms with Crippen LogP contribution in [0.5, 0.6) is 0 Å². The molecule has 1 heterocycles. The first-order valence-corrected chi connectivity index (χ1v) is 4.13. The van der Waals surface area contributed by atoms with Gasteiger partial charge in [0, 0.05) is 18.0 Å². The van der Waals surface area contributed by atoms with Crippen LogP contribution in [0.2, 0.25) is 0 Å². The molecule has 0 aliphatic carbocycles. The van der Waals surface area contributed by atoms with Crippen LogP contribution in [0.1, 0.15) is 13.8 Å². The highest BCUT2D eigenvalue weighted by atomic mass is 16.6. The van der Waals surface area contributed by atoms with Crippen LogP contribution in [-0.2, 0) is 0 Å². The van der Waals surface area contributed by atoms with E-state index >= 15 is 0 Å². The molecule has 0 bridgehead atoms. The van der Waals surface area contributed by atoms with Gasteiger partial charge >= 0.3 is 0 Å². The van der Waals surface area contributed by atoms with Crippen LogP contribution in [0.4, 0.5) is 0 Å². The third-order valence-corrected chi connectivity index (χ3v) is 2.21. The van der Waals surface area contributed by atoms with Crippen LogP contribution in [0.3, 0.4) is 0 Å². The zero-order valence-electron chi connectivity index (χ0n) is 7.73. The molecule has 0 aromatic rings. The molecule has 12 heavy (non-hydrogen) atoms. The lowest BCUT2D eigenvalue weighted by molar-refractivity contribution is -0.515. The summed E-state index contributed by atoms with van der Waals surface area (Å²) in [6, 6.07) is -0.0719. The molecule has 70 valence electrons. The fourth-order valence-corrected chi connectivity index (χ4v) is 1.56. The van der Waals surface area contributed by atoms with Gasteiger partial charge in [-0.15, -0.1) is 0 Å². The minimum absolute atomic E-state index is 0.196. The number of likely N-dealkylation sites (N-methyl/N-ethyl adjacent to an activating group) is 1. The molecule has 1 atom stereocenters. The predicted octanol–water partition coefficient (Wildman–Crippen LogP) is 0.203. The monoisotopic (exact) mass is 173 g/mol. The van der Waals surface area contributed by atoms with Crippen LogP contribution in [0, 0.1) is 10.1 Å². The number of nitro groups is 1. The van der Waals surface area contributed by atoms with Gasteiger partial charge in [0.15, 0.2) is 0 Å². The predicted molar refractivity (Wildman–Crippen MR) is 45.3 cm³/mol. The molecule has 1 saturated heterocycles. The van der Waals surface area contributed by atoms with Crippen molar-refractivity contribution in [1.29, 1.82) is 0 Å². The average molecular weight is 173 g/mol. The first-order valence-electron chi connectivity index (χ1n) is 4.13. The molecule has 1 aliphatic rings. The van der Waals surface area contributed by atoms with E-state index in [9.17, 15) is 10.1 Å². The highest BCUT2D eigenvalue weighted by Gasteiger charge is 2.36. The zero-order valence-corrected chi connectivity index (χ0v) is 7.73. The summed E-state index contributed by atoms with van der Waals surface area (Å²) >= 11 is 0. The van der Waals surface area contributed by atoms with Gasteiger partial charge < -0.3 is 0 Å². The summed E-state index contributed by atoms with van der Waals surface area (Å²) in [7, 11) is 1.89. The second-order valence-corrected chi connectivity index (χ2v) is 3.50. The van der Waals surface area contributed by atoms with Crippen LogP contribution < -0.4 is 0 Å². The van der Waals surface area contributed by atoms with Crippen LogP contribution in [0.15, 0.2) is 0 Å². The Morgan fingerprint density at radius 2 is 2.08 bits per heavy atom. The van der Waals surface area contributed by atoms with Gasteiger partial charge in [-0.1, -0.05) is 0 Å². The van der Waals surface area contributed by atoms with Crippen molar-refractivity contribution in [1.82, 2.24) is 10.0 Å². The van der Waals surface area contributed by atoms with Gasteiger partial charge in [0.2, 0.25) is 6.04 Å². The van der Waals surface area contributed by atoms with E-state index in [1.807, 2.05) is 30.9 Å². The molecule has 1 fully saturated rings. The first-order chi connectivity index (χ1) is 5.52. The fourth-order valence-electron chi connectivity index (χ4n) is 1.56. The molecule has 0 amide bonds. The SMILES string of the molecule is CC(C)N1CC([N+](=O)[O-])CN1C. The number of nitrogens with zero attached hydrogens (tertiary/aromatic N) is 3. The second-order valence-electron chi connectivity index (χ2n) is 3.50. The van der Waals surface area contributed by atoms with Crippen molar-refractivity contribution in [3.8, 4) is 0 Å². The van der Waals surface area contributed by atoms with Crippen molar-refractivity contribution in [2.75, 3.05) is 20.1 Å². The van der Waals surface area contributed by atoms with Crippen molar-refractivity contribution in [2.45, 2.75) is 25.9 Å². The molecule has 1 unspecified atom stereocenters. The van der Waals surface area contributed by atoms with Crippen molar-refractivity contribution >= 4 is 0 Å². The highest BCUT2D eigenvalue weighted by Crippen LogP contribution is 2.13. The van der Waals surface area contributed by atoms with Gasteiger partial charge in [-0.3, -0.25) is 10.1 Å². The number of hydrogen-bond acceptors (Lipinski definition) is 4. The Hall–Kier alpha value is -0.680. The molecule has 5 heteroatoms. The molecular formula is C7H15N3O2. The number of hydrazine groups is 1. The summed E-state index contributed by atoms with van der Waals surface area (Å²) in [6.07, 6.45) is 0. The average Bonchev–Trinajstić information content (AvgIpc) is 2.30. The van der Waals surface area contributed by atoms with E-state index in [0.29, 0.717) is 19.1 Å². The summed E-state index contributed by atoms with van der Waals surface area (Å²) in [5.41, 5.74) is 0. The molecular weight excluding hydrogens is 158 g/mol. The van der Waals surface area contributed by atoms with E-state index in [1.54, 1.807) is 0 Å². The fraction of sp³-hybridized carbons (Fsp3) is 1.00. The number of hydrogen-bond donors (Lipinski definition) is 0. The summed E-state index contributed by atoms with van der Waals surface area (Å²) in [4.78, 5) is 10.3. The molecule has 0 saturated carbocycles. The Kier molecular flexibility index (Phi) is 2.64. The molecule has 0 spiro atoms. The highest BCUT2D eigenvalue weighted by molar-refractivity contribution is 4.75. The van der Waals surface area contributed by atoms with Crippen molar-refractivity contribution < 1.29 is 4.92 Å². The zero-order chi connectivity index (χ0) is 9.30. The first kappa shape index (κ1) is 9.41. The summed E-state index contributed by atoms with van der Waals surface area (Å²) in [5, 5.41) is 14.4. The molecule has 0 radical (unpaired) electrons. The van der Waals surface area contributed by atoms with Gasteiger partial charge in [0.05, 0.1) is 13.1 Å². The third kappa shape index (κ3) is 1.73. The van der Waals surface area contributed by atoms with E-state index in [4.69, 9.17) is 0 Å². The number of rotatable bonds is 2. The Morgan fingerprint density at radius 1 is 1.50 bits per heavy atom. The van der Waals surface area contributed by atoms with Crippen molar-refractivity contribution in [3.05, 3.63) is 10.1 Å². The summed E-state index contributed by atoms with van der Waals surface area (Å²) in [5.74, 6) is 0. The van der Waals surface area contributed by atoms with E-state index in [0.717, 1.165) is 0 Å². The maximum Gasteiger partial charge on any atom is 0.240 e. The quantitative estimate of drug-likeness (QED) is 0.442. The maximum absolute atomic E-state index is 10.5. The van der Waals surface area contributed by atoms with Gasteiger partial charge in [0.1, 0.15) is 0 Å². The molecule has 1 aliphatic heterocycles. The lowest BCUT2D eigenvalue weighted by Crippen LogP contribution is -2.38. The maximum atomic E-state index is 10.5. The smallest absolute Gasteiger partial charge is 0.240 e. The van der Waals surface area contributed by atoms with E-state index in [1.165, 1.54) is 0 Å². The standard InChI is InChI=1S/C7H15N3O2/c1-6(2)9-5-7(10(11)12)4-8(9)3/h6-7H,4-5H2,1-3H3. The molecule has 5 nitrogen and oxygen atoms in total. The summed E-state index contributed by atoms with van der Waals surface area (Å²) < 4.78 is 0. The lowest BCUT2D eigenvalue weighted by atomic mass is 10.3. The largest absolute Gasteiger partial charge is 0.264 e. The van der Waals surface area contributed by atoms with Crippen molar-refractivity contribution in [2.24, 2.45) is 0 Å². The van der Waals surface area contributed by atoms with Gasteiger partial charge in [0.25, 0.3) is 0 Å². The third-order valence-electron chi connectivity index (χ3n) is 2.21. The lowest BCUT2D eigenvalue weighted by Gasteiger charge is -2.26. The molecule has 0 aromatic heterocycles. The second kappa shape index (κ2) is 3.37. The van der Waals surface area contributed by atoms with Gasteiger partial charge in [-0.05, 0) is 13.8 Å². The molecule has 0 N–H and O–H groups in total. The van der Waals surface area contributed by atoms with Crippen LogP contribution in [0.25, 0.3) is 0 Å². The topological polar surface area (TPSA) is 49.6 Å². The van der Waals surface area contributed by atoms with E-state index in [-0.39, 0.29) is 4.92 Å². The van der Waals surface area contributed by atoms with E-state index in [2.05, 4.69) is 0 Å². The minimum atomic E-state index is -0.419. The Balaban J connectivity index is 2.56. The molecule has 1 rings (SSSR count). The van der Waals surface area contributed by atoms with Gasteiger partial charge in [-0.25, -0.2) is 10.0 Å². The van der Waals surface area contributed by atoms with Gasteiger partial charge in [-0.2, -0.15) is 0 Å². The summed E-state index contributed by atoms with van der Waals surface area (Å²) in [6.45, 7) is 5.16. The van der Waals surface area contributed by atoms with Crippen LogP contribution in [-0.4, -0.2) is 47.2 Å². The Bertz CT molecular complexity index is 183. The molecule has 0 aromatic carbocycles. The normalized spacial score (nSPS) is 26.8. The Labute approximate surface area is 72.1 Å². The van der Waals surface area contributed by atoms with Crippen LogP contribution >= 0.6 is 0 Å².